The zero-order valence-corrected chi connectivity index (χ0v) is 17.0. The van der Waals surface area contributed by atoms with E-state index in [-0.39, 0.29) is 17.5 Å². The normalized spacial score (nSPS) is 10.4. The molecule has 1 heterocycles. The Balaban J connectivity index is 1.66. The van der Waals surface area contributed by atoms with Crippen LogP contribution >= 0.6 is 15.9 Å². The fourth-order valence-corrected chi connectivity index (χ4v) is 2.93. The third-order valence-corrected chi connectivity index (χ3v) is 4.62. The number of carbonyl (C=O) groups excluding carboxylic acids is 2. The van der Waals surface area contributed by atoms with Gasteiger partial charge in [0.1, 0.15) is 12.4 Å². The molecular formula is C20H19BrN4O3. The van der Waals surface area contributed by atoms with E-state index in [0.717, 1.165) is 15.8 Å². The van der Waals surface area contributed by atoms with Crippen molar-refractivity contribution in [1.29, 1.82) is 0 Å². The maximum Gasteiger partial charge on any atom is 0.273 e. The second-order valence-electron chi connectivity index (χ2n) is 6.01. The van der Waals surface area contributed by atoms with Gasteiger partial charge in [-0.05, 0) is 45.8 Å². The Morgan fingerprint density at radius 3 is 2.50 bits per heavy atom. The highest BCUT2D eigenvalue weighted by Gasteiger charge is 2.17. The summed E-state index contributed by atoms with van der Waals surface area (Å²) in [5.41, 5.74) is 1.92. The van der Waals surface area contributed by atoms with Crippen molar-refractivity contribution in [2.45, 2.75) is 6.61 Å². The first kappa shape index (κ1) is 19.6. The molecule has 0 aliphatic rings. The van der Waals surface area contributed by atoms with Crippen LogP contribution in [0.4, 0.5) is 5.69 Å². The molecule has 0 saturated carbocycles. The van der Waals surface area contributed by atoms with E-state index in [9.17, 15) is 9.59 Å². The quantitative estimate of drug-likeness (QED) is 0.612. The number of carbonyl (C=O) groups is 2. The molecule has 0 radical (unpaired) electrons. The third kappa shape index (κ3) is 4.58. The molecule has 3 rings (SSSR count). The highest BCUT2D eigenvalue weighted by Crippen LogP contribution is 2.24. The van der Waals surface area contributed by atoms with Crippen LogP contribution in [-0.2, 0) is 13.7 Å². The number of rotatable bonds is 6. The van der Waals surface area contributed by atoms with Crippen molar-refractivity contribution >= 4 is 33.4 Å². The van der Waals surface area contributed by atoms with Gasteiger partial charge in [0, 0.05) is 25.9 Å². The van der Waals surface area contributed by atoms with Gasteiger partial charge < -0.3 is 15.4 Å². The number of amides is 2. The zero-order chi connectivity index (χ0) is 20.1. The van der Waals surface area contributed by atoms with Crippen LogP contribution in [-0.4, -0.2) is 28.6 Å². The van der Waals surface area contributed by atoms with E-state index >= 15 is 0 Å². The summed E-state index contributed by atoms with van der Waals surface area (Å²) in [5, 5.41) is 9.30. The van der Waals surface area contributed by atoms with Gasteiger partial charge in [-0.1, -0.05) is 24.3 Å². The Morgan fingerprint density at radius 2 is 1.82 bits per heavy atom. The molecule has 8 heteroatoms. The molecule has 2 N–H and O–H groups in total. The number of hydrogen-bond acceptors (Lipinski definition) is 4. The van der Waals surface area contributed by atoms with Crippen LogP contribution in [0.1, 0.15) is 26.4 Å². The van der Waals surface area contributed by atoms with Crippen molar-refractivity contribution in [3.63, 3.8) is 0 Å². The van der Waals surface area contributed by atoms with Crippen molar-refractivity contribution in [2.24, 2.45) is 7.05 Å². The predicted molar refractivity (Wildman–Crippen MR) is 109 cm³/mol. The van der Waals surface area contributed by atoms with Crippen molar-refractivity contribution in [3.8, 4) is 5.75 Å². The molecule has 2 aromatic carbocycles. The molecule has 28 heavy (non-hydrogen) atoms. The second-order valence-corrected chi connectivity index (χ2v) is 6.87. The fraction of sp³-hybridized carbons (Fsp3) is 0.150. The second kappa shape index (κ2) is 8.71. The Morgan fingerprint density at radius 1 is 1.11 bits per heavy atom. The van der Waals surface area contributed by atoms with Crippen LogP contribution in [0.5, 0.6) is 5.75 Å². The molecule has 7 nitrogen and oxygen atoms in total. The molecule has 0 fully saturated rings. The fourth-order valence-electron chi connectivity index (χ4n) is 2.54. The van der Waals surface area contributed by atoms with Gasteiger partial charge in [-0.15, -0.1) is 0 Å². The first-order chi connectivity index (χ1) is 13.5. The number of hydrogen-bond donors (Lipinski definition) is 2. The number of benzene rings is 2. The van der Waals surface area contributed by atoms with Gasteiger partial charge in [0.25, 0.3) is 11.8 Å². The van der Waals surface area contributed by atoms with Gasteiger partial charge >= 0.3 is 0 Å². The highest BCUT2D eigenvalue weighted by molar-refractivity contribution is 9.10. The van der Waals surface area contributed by atoms with E-state index in [1.165, 1.54) is 11.7 Å². The molecule has 2 amide bonds. The standard InChI is InChI=1S/C20H19BrN4O3/c1-22-20(27)18-16(11-25(2)24-18)23-19(26)14-9-7-13(8-10-14)12-28-17-6-4-3-5-15(17)21/h3-11H,12H2,1-2H3,(H,22,27)(H,23,26). The Kier molecular flexibility index (Phi) is 6.10. The lowest BCUT2D eigenvalue weighted by Crippen LogP contribution is -2.21. The van der Waals surface area contributed by atoms with Crippen molar-refractivity contribution in [1.82, 2.24) is 15.1 Å². The number of nitrogens with one attached hydrogen (secondary N) is 2. The van der Waals surface area contributed by atoms with Crippen LogP contribution in [0.15, 0.2) is 59.2 Å². The Bertz CT molecular complexity index is 999. The number of para-hydroxylation sites is 1. The molecule has 0 aliphatic heterocycles. The number of nitrogens with zero attached hydrogens (tertiary/aromatic N) is 2. The summed E-state index contributed by atoms with van der Waals surface area (Å²) in [6, 6.07) is 14.7. The van der Waals surface area contributed by atoms with E-state index in [2.05, 4.69) is 31.7 Å². The number of anilines is 1. The van der Waals surface area contributed by atoms with Gasteiger partial charge in [0.15, 0.2) is 5.69 Å². The molecule has 0 atom stereocenters. The summed E-state index contributed by atoms with van der Waals surface area (Å²) in [4.78, 5) is 24.4. The van der Waals surface area contributed by atoms with Crippen LogP contribution in [0.3, 0.4) is 0 Å². The minimum Gasteiger partial charge on any atom is -0.488 e. The van der Waals surface area contributed by atoms with Gasteiger partial charge in [0.2, 0.25) is 0 Å². The summed E-state index contributed by atoms with van der Waals surface area (Å²) in [5.74, 6) is 0.0644. The lowest BCUT2D eigenvalue weighted by atomic mass is 10.1. The monoisotopic (exact) mass is 442 g/mol. The van der Waals surface area contributed by atoms with Gasteiger partial charge in [-0.25, -0.2) is 0 Å². The van der Waals surface area contributed by atoms with Gasteiger partial charge in [-0.3, -0.25) is 14.3 Å². The minimum atomic E-state index is -0.365. The number of aromatic nitrogens is 2. The summed E-state index contributed by atoms with van der Waals surface area (Å²) < 4.78 is 8.13. The summed E-state index contributed by atoms with van der Waals surface area (Å²) in [6.45, 7) is 0.383. The molecule has 0 saturated heterocycles. The average molecular weight is 443 g/mol. The first-order valence-electron chi connectivity index (χ1n) is 8.51. The number of ether oxygens (including phenoxy) is 1. The van der Waals surface area contributed by atoms with Crippen molar-refractivity contribution in [2.75, 3.05) is 12.4 Å². The smallest absolute Gasteiger partial charge is 0.273 e. The van der Waals surface area contributed by atoms with Crippen molar-refractivity contribution in [3.05, 3.63) is 76.0 Å². The average Bonchev–Trinajstić information content (AvgIpc) is 3.07. The Labute approximate surface area is 170 Å². The predicted octanol–water partition coefficient (Wildman–Crippen LogP) is 3.37. The molecular weight excluding hydrogens is 424 g/mol. The van der Waals surface area contributed by atoms with E-state index in [0.29, 0.717) is 17.9 Å². The molecule has 3 aromatic rings. The maximum absolute atomic E-state index is 12.5. The minimum absolute atomic E-state index is 0.164. The summed E-state index contributed by atoms with van der Waals surface area (Å²) >= 11 is 3.44. The van der Waals surface area contributed by atoms with Gasteiger partial charge in [0.05, 0.1) is 10.2 Å². The van der Waals surface area contributed by atoms with E-state index in [4.69, 9.17) is 4.74 Å². The summed E-state index contributed by atoms with van der Waals surface area (Å²) in [6.07, 6.45) is 1.59. The van der Waals surface area contributed by atoms with Crippen molar-refractivity contribution < 1.29 is 14.3 Å². The SMILES string of the molecule is CNC(=O)c1nn(C)cc1NC(=O)c1ccc(COc2ccccc2Br)cc1. The zero-order valence-electron chi connectivity index (χ0n) is 15.4. The van der Waals surface area contributed by atoms with E-state index < -0.39 is 0 Å². The highest BCUT2D eigenvalue weighted by atomic mass is 79.9. The lowest BCUT2D eigenvalue weighted by molar-refractivity contribution is 0.0958. The molecule has 1 aromatic heterocycles. The molecule has 0 aliphatic carbocycles. The van der Waals surface area contributed by atoms with E-state index in [1.54, 1.807) is 25.4 Å². The molecule has 0 bridgehead atoms. The lowest BCUT2D eigenvalue weighted by Gasteiger charge is -2.09. The molecule has 0 spiro atoms. The number of aryl methyl sites for hydroxylation is 1. The molecule has 0 unspecified atom stereocenters. The summed E-state index contributed by atoms with van der Waals surface area (Å²) in [7, 11) is 3.19. The van der Waals surface area contributed by atoms with Gasteiger partial charge in [-0.2, -0.15) is 5.10 Å². The van der Waals surface area contributed by atoms with E-state index in [1.807, 2.05) is 36.4 Å². The van der Waals surface area contributed by atoms with Crippen LogP contribution in [0.25, 0.3) is 0 Å². The van der Waals surface area contributed by atoms with Crippen LogP contribution in [0, 0.1) is 0 Å². The Hall–Kier alpha value is -3.13. The molecule has 144 valence electrons. The van der Waals surface area contributed by atoms with Crippen LogP contribution in [0.2, 0.25) is 0 Å². The van der Waals surface area contributed by atoms with Crippen LogP contribution < -0.4 is 15.4 Å². The first-order valence-corrected chi connectivity index (χ1v) is 9.30. The maximum atomic E-state index is 12.5. The largest absolute Gasteiger partial charge is 0.488 e. The number of halogens is 1. The third-order valence-electron chi connectivity index (χ3n) is 3.97. The topological polar surface area (TPSA) is 85.3 Å².